The van der Waals surface area contributed by atoms with E-state index in [0.29, 0.717) is 12.0 Å². The molecule has 132 valence electrons. The number of hydrogen-bond donors (Lipinski definition) is 0. The van der Waals surface area contributed by atoms with Crippen molar-refractivity contribution in [1.29, 1.82) is 0 Å². The first-order valence-corrected chi connectivity index (χ1v) is 9.22. The summed E-state index contributed by atoms with van der Waals surface area (Å²) in [5.41, 5.74) is 2.05. The van der Waals surface area contributed by atoms with Crippen LogP contribution in [0.1, 0.15) is 35.3 Å². The van der Waals surface area contributed by atoms with Gasteiger partial charge in [-0.3, -0.25) is 9.69 Å². The maximum Gasteiger partial charge on any atom is 0.253 e. The lowest BCUT2D eigenvalue weighted by Gasteiger charge is -2.28. The molecular weight excluding hydrogens is 332 g/mol. The average molecular weight is 357 g/mol. The lowest BCUT2D eigenvalue weighted by atomic mass is 10.0. The van der Waals surface area contributed by atoms with Gasteiger partial charge in [-0.05, 0) is 56.1 Å². The fourth-order valence-corrected chi connectivity index (χ4v) is 3.62. The van der Waals surface area contributed by atoms with Gasteiger partial charge in [-0.2, -0.15) is 0 Å². The Balaban J connectivity index is 1.55. The number of rotatable bonds is 5. The molecule has 1 fully saturated rings. The van der Waals surface area contributed by atoms with Crippen molar-refractivity contribution in [3.8, 4) is 0 Å². The van der Waals surface area contributed by atoms with E-state index in [1.807, 2.05) is 47.4 Å². The van der Waals surface area contributed by atoms with Crippen molar-refractivity contribution in [2.24, 2.45) is 5.92 Å². The summed E-state index contributed by atoms with van der Waals surface area (Å²) < 4.78 is 0. The molecule has 1 heterocycles. The second-order valence-corrected chi connectivity index (χ2v) is 7.38. The molecule has 0 saturated carbocycles. The molecule has 0 aromatic heterocycles. The Hall–Kier alpha value is -1.84. The highest BCUT2D eigenvalue weighted by molar-refractivity contribution is 6.30. The van der Waals surface area contributed by atoms with Gasteiger partial charge in [-0.15, -0.1) is 0 Å². The molecule has 0 unspecified atom stereocenters. The molecule has 0 bridgehead atoms. The predicted octanol–water partition coefficient (Wildman–Crippen LogP) is 4.50. The SMILES string of the molecule is C[C@H](c1ccc(Cl)cc1)N(C)C[C@H]1CCN(C(=O)c2ccccc2)C1. The Labute approximate surface area is 155 Å². The predicted molar refractivity (Wildman–Crippen MR) is 103 cm³/mol. The first-order valence-electron chi connectivity index (χ1n) is 8.84. The fraction of sp³-hybridized carbons (Fsp3) is 0.381. The van der Waals surface area contributed by atoms with Crippen LogP contribution in [0, 0.1) is 5.92 Å². The van der Waals surface area contributed by atoms with Crippen LogP contribution in [0.4, 0.5) is 0 Å². The smallest absolute Gasteiger partial charge is 0.253 e. The van der Waals surface area contributed by atoms with E-state index in [4.69, 9.17) is 11.6 Å². The lowest BCUT2D eigenvalue weighted by Crippen LogP contribution is -2.32. The van der Waals surface area contributed by atoms with Crippen LogP contribution >= 0.6 is 11.6 Å². The number of nitrogens with zero attached hydrogens (tertiary/aromatic N) is 2. The molecule has 2 aromatic carbocycles. The van der Waals surface area contributed by atoms with E-state index in [1.165, 1.54) is 5.56 Å². The van der Waals surface area contributed by atoms with E-state index in [1.54, 1.807) is 0 Å². The van der Waals surface area contributed by atoms with Gasteiger partial charge in [-0.1, -0.05) is 41.9 Å². The van der Waals surface area contributed by atoms with Crippen LogP contribution in [0.3, 0.4) is 0 Å². The number of likely N-dealkylation sites (tertiary alicyclic amines) is 1. The third kappa shape index (κ3) is 4.42. The molecule has 3 nitrogen and oxygen atoms in total. The molecule has 4 heteroatoms. The normalized spacial score (nSPS) is 18.6. The summed E-state index contributed by atoms with van der Waals surface area (Å²) in [5, 5.41) is 0.768. The summed E-state index contributed by atoms with van der Waals surface area (Å²) in [6.07, 6.45) is 1.07. The molecule has 0 aliphatic carbocycles. The van der Waals surface area contributed by atoms with Crippen molar-refractivity contribution >= 4 is 17.5 Å². The number of hydrogen-bond acceptors (Lipinski definition) is 2. The average Bonchev–Trinajstić information content (AvgIpc) is 3.10. The molecular formula is C21H25ClN2O. The van der Waals surface area contributed by atoms with Crippen LogP contribution in [0.2, 0.25) is 5.02 Å². The van der Waals surface area contributed by atoms with Gasteiger partial charge in [0.25, 0.3) is 5.91 Å². The lowest BCUT2D eigenvalue weighted by molar-refractivity contribution is 0.0783. The van der Waals surface area contributed by atoms with Crippen LogP contribution in [0.5, 0.6) is 0 Å². The Bertz CT molecular complexity index is 702. The Morgan fingerprint density at radius 3 is 2.56 bits per heavy atom. The van der Waals surface area contributed by atoms with Crippen molar-refractivity contribution in [1.82, 2.24) is 9.80 Å². The van der Waals surface area contributed by atoms with Gasteiger partial charge in [0.05, 0.1) is 0 Å². The molecule has 0 radical (unpaired) electrons. The van der Waals surface area contributed by atoms with Gasteiger partial charge in [0.2, 0.25) is 0 Å². The van der Waals surface area contributed by atoms with E-state index in [-0.39, 0.29) is 5.91 Å². The quantitative estimate of drug-likeness (QED) is 0.787. The van der Waals surface area contributed by atoms with Crippen LogP contribution in [0.15, 0.2) is 54.6 Å². The molecule has 1 aliphatic rings. The summed E-state index contributed by atoms with van der Waals surface area (Å²) in [4.78, 5) is 16.9. The van der Waals surface area contributed by atoms with E-state index >= 15 is 0 Å². The van der Waals surface area contributed by atoms with Crippen LogP contribution < -0.4 is 0 Å². The van der Waals surface area contributed by atoms with Crippen molar-refractivity contribution in [3.63, 3.8) is 0 Å². The molecule has 2 atom stereocenters. The second kappa shape index (κ2) is 8.03. The zero-order chi connectivity index (χ0) is 17.8. The number of halogens is 1. The van der Waals surface area contributed by atoms with Crippen molar-refractivity contribution in [3.05, 3.63) is 70.7 Å². The monoisotopic (exact) mass is 356 g/mol. The summed E-state index contributed by atoms with van der Waals surface area (Å²) >= 11 is 5.98. The minimum atomic E-state index is 0.150. The van der Waals surface area contributed by atoms with Gasteiger partial charge in [0.1, 0.15) is 0 Å². The first-order chi connectivity index (χ1) is 12.0. The third-order valence-corrected chi connectivity index (χ3v) is 5.41. The summed E-state index contributed by atoms with van der Waals surface area (Å²) in [6.45, 7) is 4.89. The van der Waals surface area contributed by atoms with E-state index < -0.39 is 0 Å². The third-order valence-electron chi connectivity index (χ3n) is 5.15. The molecule has 25 heavy (non-hydrogen) atoms. The van der Waals surface area contributed by atoms with Crippen molar-refractivity contribution < 1.29 is 4.79 Å². The molecule has 1 aliphatic heterocycles. The number of amides is 1. The van der Waals surface area contributed by atoms with Gasteiger partial charge in [-0.25, -0.2) is 0 Å². The van der Waals surface area contributed by atoms with Crippen LogP contribution in [-0.2, 0) is 0 Å². The highest BCUT2D eigenvalue weighted by Gasteiger charge is 2.28. The summed E-state index contributed by atoms with van der Waals surface area (Å²) in [5.74, 6) is 0.670. The van der Waals surface area contributed by atoms with E-state index in [9.17, 15) is 4.79 Å². The molecule has 0 N–H and O–H groups in total. The number of benzene rings is 2. The highest BCUT2D eigenvalue weighted by atomic mass is 35.5. The number of carbonyl (C=O) groups excluding carboxylic acids is 1. The Morgan fingerprint density at radius 1 is 1.20 bits per heavy atom. The Kier molecular flexibility index (Phi) is 5.77. The van der Waals surface area contributed by atoms with Crippen LogP contribution in [-0.4, -0.2) is 42.4 Å². The molecule has 3 rings (SSSR count). The largest absolute Gasteiger partial charge is 0.338 e. The first kappa shape index (κ1) is 18.0. The maximum absolute atomic E-state index is 12.6. The maximum atomic E-state index is 12.6. The van der Waals surface area contributed by atoms with Gasteiger partial charge in [0, 0.05) is 36.3 Å². The number of carbonyl (C=O) groups is 1. The van der Waals surface area contributed by atoms with Gasteiger partial charge >= 0.3 is 0 Å². The van der Waals surface area contributed by atoms with Crippen LogP contribution in [0.25, 0.3) is 0 Å². The minimum Gasteiger partial charge on any atom is -0.338 e. The second-order valence-electron chi connectivity index (χ2n) is 6.94. The topological polar surface area (TPSA) is 23.6 Å². The van der Waals surface area contributed by atoms with E-state index in [0.717, 1.165) is 36.6 Å². The Morgan fingerprint density at radius 2 is 1.88 bits per heavy atom. The summed E-state index contributed by atoms with van der Waals surface area (Å²) in [6, 6.07) is 18.0. The molecule has 2 aromatic rings. The summed E-state index contributed by atoms with van der Waals surface area (Å²) in [7, 11) is 2.15. The minimum absolute atomic E-state index is 0.150. The van der Waals surface area contributed by atoms with Gasteiger partial charge < -0.3 is 4.90 Å². The van der Waals surface area contributed by atoms with Gasteiger partial charge in [0.15, 0.2) is 0 Å². The molecule has 1 amide bonds. The fourth-order valence-electron chi connectivity index (χ4n) is 3.49. The highest BCUT2D eigenvalue weighted by Crippen LogP contribution is 2.25. The van der Waals surface area contributed by atoms with E-state index in [2.05, 4.69) is 31.0 Å². The van der Waals surface area contributed by atoms with Crippen molar-refractivity contribution in [2.45, 2.75) is 19.4 Å². The molecule has 1 saturated heterocycles. The zero-order valence-corrected chi connectivity index (χ0v) is 15.6. The zero-order valence-electron chi connectivity index (χ0n) is 14.9. The standard InChI is InChI=1S/C21H25ClN2O/c1-16(18-8-10-20(22)11-9-18)23(2)14-17-12-13-24(15-17)21(25)19-6-4-3-5-7-19/h3-11,16-17H,12-15H2,1-2H3/t16-,17-/m1/s1. The van der Waals surface area contributed by atoms with Crippen molar-refractivity contribution in [2.75, 3.05) is 26.7 Å². The molecule has 0 spiro atoms.